The molecular weight excluding hydrogens is 421 g/mol. The van der Waals surface area contributed by atoms with Crippen molar-refractivity contribution in [3.63, 3.8) is 0 Å². The molecule has 0 aromatic heterocycles. The van der Waals surface area contributed by atoms with Crippen LogP contribution in [0.3, 0.4) is 0 Å². The smallest absolute Gasteiger partial charge is 0.225 e. The number of oxime groups is 1. The van der Waals surface area contributed by atoms with Crippen LogP contribution in [-0.2, 0) is 16.2 Å². The van der Waals surface area contributed by atoms with Crippen LogP contribution in [-0.4, -0.2) is 29.2 Å². The Kier molecular flexibility index (Phi) is 6.75. The molecule has 4 nitrogen and oxygen atoms in total. The number of nitrogens with zero attached hydrogens (tertiary/aromatic N) is 2. The van der Waals surface area contributed by atoms with Crippen LogP contribution < -0.4 is 0 Å². The van der Waals surface area contributed by atoms with Crippen LogP contribution in [0.4, 0.5) is 8.78 Å². The zero-order valence-electron chi connectivity index (χ0n) is 16.0. The van der Waals surface area contributed by atoms with E-state index in [2.05, 4.69) is 5.16 Å². The maximum Gasteiger partial charge on any atom is 0.225 e. The molecule has 0 radical (unpaired) electrons. The molecule has 2 aromatic rings. The Morgan fingerprint density at radius 2 is 1.97 bits per heavy atom. The molecule has 0 fully saturated rings. The van der Waals surface area contributed by atoms with Crippen LogP contribution in [0, 0.1) is 17.6 Å². The molecule has 0 N–H and O–H groups in total. The molecule has 1 unspecified atom stereocenters. The van der Waals surface area contributed by atoms with E-state index in [4.69, 9.17) is 28.0 Å². The zero-order chi connectivity index (χ0) is 21.1. The third-order valence-electron chi connectivity index (χ3n) is 4.59. The van der Waals surface area contributed by atoms with Crippen LogP contribution in [0.1, 0.15) is 31.4 Å². The van der Waals surface area contributed by atoms with Gasteiger partial charge in [-0.2, -0.15) is 0 Å². The van der Waals surface area contributed by atoms with Gasteiger partial charge in [0.2, 0.25) is 5.91 Å². The Morgan fingerprint density at radius 3 is 2.62 bits per heavy atom. The standard InChI is InChI=1S/C21H20Cl2F2N2O2/c1-12(2)21(28)27(10-14-3-5-15(24)8-19(14)25)11-16-9-20(26-29-16)13-4-6-17(22)18(23)7-13/h3-8,12,16H,9-11H2,1-2H3. The Labute approximate surface area is 178 Å². The molecule has 1 atom stereocenters. The number of hydrogen-bond donors (Lipinski definition) is 0. The van der Waals surface area contributed by atoms with Gasteiger partial charge < -0.3 is 9.74 Å². The minimum atomic E-state index is -0.688. The molecule has 8 heteroatoms. The highest BCUT2D eigenvalue weighted by Gasteiger charge is 2.28. The molecule has 1 aliphatic rings. The second-order valence-corrected chi connectivity index (χ2v) is 8.02. The predicted octanol–water partition coefficient (Wildman–Crippen LogP) is 5.45. The summed E-state index contributed by atoms with van der Waals surface area (Å²) in [5, 5.41) is 4.97. The molecule has 0 bridgehead atoms. The highest BCUT2D eigenvalue weighted by atomic mass is 35.5. The molecule has 1 heterocycles. The summed E-state index contributed by atoms with van der Waals surface area (Å²) < 4.78 is 27.3. The van der Waals surface area contributed by atoms with Crippen LogP contribution in [0.15, 0.2) is 41.6 Å². The molecule has 154 valence electrons. The van der Waals surface area contributed by atoms with E-state index in [1.807, 2.05) is 0 Å². The maximum absolute atomic E-state index is 14.1. The van der Waals surface area contributed by atoms with E-state index in [9.17, 15) is 13.6 Å². The van der Waals surface area contributed by atoms with Gasteiger partial charge in [-0.15, -0.1) is 0 Å². The second kappa shape index (κ2) is 9.09. The molecule has 0 aliphatic carbocycles. The Hall–Kier alpha value is -2.18. The van der Waals surface area contributed by atoms with Gasteiger partial charge in [-0.25, -0.2) is 8.78 Å². The molecule has 1 aliphatic heterocycles. The quantitative estimate of drug-likeness (QED) is 0.599. The van der Waals surface area contributed by atoms with Crippen molar-refractivity contribution in [3.05, 3.63) is 69.2 Å². The van der Waals surface area contributed by atoms with E-state index in [1.54, 1.807) is 32.0 Å². The molecule has 0 spiro atoms. The van der Waals surface area contributed by atoms with E-state index >= 15 is 0 Å². The number of benzene rings is 2. The van der Waals surface area contributed by atoms with Crippen LogP contribution in [0.5, 0.6) is 0 Å². The Morgan fingerprint density at radius 1 is 1.21 bits per heavy atom. The van der Waals surface area contributed by atoms with Crippen molar-refractivity contribution in [2.24, 2.45) is 11.1 Å². The van der Waals surface area contributed by atoms with E-state index in [0.29, 0.717) is 22.2 Å². The van der Waals surface area contributed by atoms with Crippen molar-refractivity contribution in [1.82, 2.24) is 4.90 Å². The summed E-state index contributed by atoms with van der Waals surface area (Å²) >= 11 is 12.0. The maximum atomic E-state index is 14.1. The minimum Gasteiger partial charge on any atom is -0.390 e. The molecule has 0 saturated carbocycles. The van der Waals surface area contributed by atoms with Gasteiger partial charge in [0.05, 0.1) is 22.3 Å². The molecule has 0 saturated heterocycles. The monoisotopic (exact) mass is 440 g/mol. The summed E-state index contributed by atoms with van der Waals surface area (Å²) in [6, 6.07) is 8.52. The first-order chi connectivity index (χ1) is 13.7. The molecule has 3 rings (SSSR count). The van der Waals surface area contributed by atoms with Gasteiger partial charge in [0.15, 0.2) is 6.10 Å². The van der Waals surface area contributed by atoms with Gasteiger partial charge in [-0.05, 0) is 18.2 Å². The number of hydrogen-bond acceptors (Lipinski definition) is 3. The lowest BCUT2D eigenvalue weighted by Gasteiger charge is -2.26. The predicted molar refractivity (Wildman–Crippen MR) is 109 cm³/mol. The van der Waals surface area contributed by atoms with Gasteiger partial charge in [0, 0.05) is 36.1 Å². The topological polar surface area (TPSA) is 41.9 Å². The number of carbonyl (C=O) groups excluding carboxylic acids is 1. The third-order valence-corrected chi connectivity index (χ3v) is 5.33. The number of rotatable bonds is 6. The van der Waals surface area contributed by atoms with Crippen molar-refractivity contribution in [3.8, 4) is 0 Å². The Balaban J connectivity index is 1.72. The number of halogens is 4. The van der Waals surface area contributed by atoms with Crippen LogP contribution >= 0.6 is 23.2 Å². The molecule has 2 aromatic carbocycles. The van der Waals surface area contributed by atoms with Crippen molar-refractivity contribution in [2.75, 3.05) is 6.54 Å². The lowest BCUT2D eigenvalue weighted by atomic mass is 10.0. The van der Waals surface area contributed by atoms with Gasteiger partial charge in [0.25, 0.3) is 0 Å². The van der Waals surface area contributed by atoms with Gasteiger partial charge in [0.1, 0.15) is 11.6 Å². The first kappa shape index (κ1) is 21.5. The summed E-state index contributed by atoms with van der Waals surface area (Å²) in [6.07, 6.45) is 0.0804. The highest BCUT2D eigenvalue weighted by molar-refractivity contribution is 6.42. The molecule has 29 heavy (non-hydrogen) atoms. The fourth-order valence-electron chi connectivity index (χ4n) is 3.07. The van der Waals surface area contributed by atoms with E-state index in [1.165, 1.54) is 17.0 Å². The lowest BCUT2D eigenvalue weighted by Crippen LogP contribution is -2.39. The van der Waals surface area contributed by atoms with Gasteiger partial charge >= 0.3 is 0 Å². The summed E-state index contributed by atoms with van der Waals surface area (Å²) in [7, 11) is 0. The van der Waals surface area contributed by atoms with Crippen LogP contribution in [0.2, 0.25) is 10.0 Å². The lowest BCUT2D eigenvalue weighted by molar-refractivity contribution is -0.137. The van der Waals surface area contributed by atoms with Crippen molar-refractivity contribution >= 4 is 34.8 Å². The normalized spacial score (nSPS) is 16.0. The Bertz CT molecular complexity index is 950. The molecular formula is C21H20Cl2F2N2O2. The molecule has 1 amide bonds. The number of carbonyl (C=O) groups is 1. The number of amides is 1. The first-order valence-corrected chi connectivity index (χ1v) is 9.91. The van der Waals surface area contributed by atoms with Crippen molar-refractivity contribution in [2.45, 2.75) is 32.9 Å². The summed E-state index contributed by atoms with van der Waals surface area (Å²) in [4.78, 5) is 19.7. The van der Waals surface area contributed by atoms with E-state index < -0.39 is 11.6 Å². The van der Waals surface area contributed by atoms with E-state index in [-0.39, 0.29) is 36.6 Å². The average Bonchev–Trinajstić information content (AvgIpc) is 3.13. The van der Waals surface area contributed by atoms with Crippen molar-refractivity contribution in [1.29, 1.82) is 0 Å². The average molecular weight is 441 g/mol. The zero-order valence-corrected chi connectivity index (χ0v) is 17.5. The third kappa shape index (κ3) is 5.25. The first-order valence-electron chi connectivity index (χ1n) is 9.15. The van der Waals surface area contributed by atoms with Crippen LogP contribution in [0.25, 0.3) is 0 Å². The largest absolute Gasteiger partial charge is 0.390 e. The second-order valence-electron chi connectivity index (χ2n) is 7.21. The van der Waals surface area contributed by atoms with Crippen molar-refractivity contribution < 1.29 is 18.4 Å². The summed E-state index contributed by atoms with van der Waals surface area (Å²) in [5.41, 5.74) is 1.72. The van der Waals surface area contributed by atoms with Gasteiger partial charge in [-0.3, -0.25) is 4.79 Å². The fourth-order valence-corrected chi connectivity index (χ4v) is 3.37. The summed E-state index contributed by atoms with van der Waals surface area (Å²) in [5.74, 6) is -1.78. The minimum absolute atomic E-state index is 0.0189. The van der Waals surface area contributed by atoms with Gasteiger partial charge in [-0.1, -0.05) is 54.3 Å². The van der Waals surface area contributed by atoms with E-state index in [0.717, 1.165) is 11.6 Å². The summed E-state index contributed by atoms with van der Waals surface area (Å²) in [6.45, 7) is 3.78. The SMILES string of the molecule is CC(C)C(=O)N(Cc1ccc(F)cc1F)CC1CC(c2ccc(Cl)c(Cl)c2)=NO1. The fraction of sp³-hybridized carbons (Fsp3) is 0.333. The highest BCUT2D eigenvalue weighted by Crippen LogP contribution is 2.26.